The van der Waals surface area contributed by atoms with Crippen molar-refractivity contribution in [3.63, 3.8) is 0 Å². The fourth-order valence-electron chi connectivity index (χ4n) is 3.15. The van der Waals surface area contributed by atoms with E-state index in [4.69, 9.17) is 9.84 Å². The van der Waals surface area contributed by atoms with Gasteiger partial charge in [0.2, 0.25) is 5.91 Å². The zero-order valence-corrected chi connectivity index (χ0v) is 17.7. The summed E-state index contributed by atoms with van der Waals surface area (Å²) in [5.41, 5.74) is 3.42. The Morgan fingerprint density at radius 2 is 1.75 bits per heavy atom. The maximum absolute atomic E-state index is 12.7. The molecule has 8 nitrogen and oxygen atoms in total. The van der Waals surface area contributed by atoms with Crippen molar-refractivity contribution < 1.29 is 24.2 Å². The maximum atomic E-state index is 12.7. The van der Waals surface area contributed by atoms with Crippen LogP contribution in [0.5, 0.6) is 5.75 Å². The molecular weight excluding hydrogens is 410 g/mol. The Kier molecular flexibility index (Phi) is 7.17. The number of aromatic nitrogens is 1. The van der Waals surface area contributed by atoms with E-state index >= 15 is 0 Å². The maximum Gasteiger partial charge on any atom is 0.409 e. The van der Waals surface area contributed by atoms with Gasteiger partial charge in [-0.25, -0.2) is 4.79 Å². The van der Waals surface area contributed by atoms with E-state index in [9.17, 15) is 14.4 Å². The van der Waals surface area contributed by atoms with E-state index in [1.165, 1.54) is 12.1 Å². The molecule has 0 bridgehead atoms. The summed E-state index contributed by atoms with van der Waals surface area (Å²) in [6, 6.07) is 15.4. The SMILES string of the molecule is CCOc1ccc(NC(=O)CC(=O)c2cccc(-c3ccnc(C)c3)c2)c(NC(=O)O)c1. The zero-order chi connectivity index (χ0) is 23.1. The van der Waals surface area contributed by atoms with Crippen molar-refractivity contribution in [2.75, 3.05) is 17.2 Å². The van der Waals surface area contributed by atoms with Crippen molar-refractivity contribution in [2.45, 2.75) is 20.3 Å². The summed E-state index contributed by atoms with van der Waals surface area (Å²) in [5, 5.41) is 13.9. The number of carbonyl (C=O) groups is 3. The normalized spacial score (nSPS) is 10.3. The molecule has 1 heterocycles. The third-order valence-electron chi connectivity index (χ3n) is 4.55. The summed E-state index contributed by atoms with van der Waals surface area (Å²) >= 11 is 0. The molecule has 0 spiro atoms. The van der Waals surface area contributed by atoms with Gasteiger partial charge < -0.3 is 15.2 Å². The first-order valence-corrected chi connectivity index (χ1v) is 9.98. The lowest BCUT2D eigenvalue weighted by Gasteiger charge is -2.13. The third-order valence-corrected chi connectivity index (χ3v) is 4.55. The number of carbonyl (C=O) groups excluding carboxylic acids is 2. The molecule has 0 fully saturated rings. The molecule has 164 valence electrons. The Morgan fingerprint density at radius 3 is 2.47 bits per heavy atom. The van der Waals surface area contributed by atoms with Crippen molar-refractivity contribution in [3.05, 3.63) is 72.1 Å². The summed E-state index contributed by atoms with van der Waals surface area (Å²) in [5.74, 6) is -0.458. The van der Waals surface area contributed by atoms with Crippen LogP contribution in [0.3, 0.4) is 0 Å². The van der Waals surface area contributed by atoms with Crippen molar-refractivity contribution in [1.29, 1.82) is 0 Å². The number of carboxylic acid groups (broad SMARTS) is 1. The molecule has 0 aliphatic carbocycles. The first-order chi connectivity index (χ1) is 15.4. The monoisotopic (exact) mass is 433 g/mol. The number of ketones is 1. The highest BCUT2D eigenvalue weighted by molar-refractivity contribution is 6.12. The van der Waals surface area contributed by atoms with E-state index in [2.05, 4.69) is 15.6 Å². The topological polar surface area (TPSA) is 118 Å². The number of amides is 2. The second kappa shape index (κ2) is 10.2. The lowest BCUT2D eigenvalue weighted by molar-refractivity contribution is -0.115. The fourth-order valence-corrected chi connectivity index (χ4v) is 3.15. The molecule has 0 saturated carbocycles. The summed E-state index contributed by atoms with van der Waals surface area (Å²) in [7, 11) is 0. The number of Topliss-reactive ketones (excluding diaryl/α,β-unsaturated/α-hetero) is 1. The van der Waals surface area contributed by atoms with Gasteiger partial charge in [-0.15, -0.1) is 0 Å². The average Bonchev–Trinajstić information content (AvgIpc) is 2.75. The van der Waals surface area contributed by atoms with E-state index in [1.54, 1.807) is 37.4 Å². The van der Waals surface area contributed by atoms with Gasteiger partial charge in [-0.2, -0.15) is 0 Å². The van der Waals surface area contributed by atoms with Gasteiger partial charge in [-0.3, -0.25) is 19.9 Å². The van der Waals surface area contributed by atoms with Crippen LogP contribution in [0.1, 0.15) is 29.4 Å². The van der Waals surface area contributed by atoms with Gasteiger partial charge in [0.15, 0.2) is 5.78 Å². The number of benzene rings is 2. The summed E-state index contributed by atoms with van der Waals surface area (Å²) < 4.78 is 5.36. The third kappa shape index (κ3) is 5.91. The predicted octanol–water partition coefficient (Wildman–Crippen LogP) is 4.76. The number of nitrogens with one attached hydrogen (secondary N) is 2. The number of hydrogen-bond donors (Lipinski definition) is 3. The molecule has 2 aromatic carbocycles. The van der Waals surface area contributed by atoms with Crippen LogP contribution < -0.4 is 15.4 Å². The first kappa shape index (κ1) is 22.5. The van der Waals surface area contributed by atoms with Gasteiger partial charge in [0, 0.05) is 23.5 Å². The molecule has 3 N–H and O–H groups in total. The molecule has 0 aliphatic rings. The summed E-state index contributed by atoms with van der Waals surface area (Å²) in [4.78, 5) is 40.5. The van der Waals surface area contributed by atoms with Crippen LogP contribution in [-0.2, 0) is 4.79 Å². The number of nitrogens with zero attached hydrogens (tertiary/aromatic N) is 1. The Balaban J connectivity index is 1.73. The Morgan fingerprint density at radius 1 is 0.969 bits per heavy atom. The van der Waals surface area contributed by atoms with E-state index < -0.39 is 18.4 Å². The number of anilines is 2. The molecule has 3 aromatic rings. The minimum Gasteiger partial charge on any atom is -0.494 e. The van der Waals surface area contributed by atoms with Crippen LogP contribution in [0, 0.1) is 6.92 Å². The number of ether oxygens (including phenoxy) is 1. The van der Waals surface area contributed by atoms with Crippen LogP contribution in [-0.4, -0.2) is 34.5 Å². The lowest BCUT2D eigenvalue weighted by atomic mass is 10.0. The molecule has 0 saturated heterocycles. The smallest absolute Gasteiger partial charge is 0.409 e. The summed E-state index contributed by atoms with van der Waals surface area (Å²) in [6.45, 7) is 4.10. The molecule has 0 unspecified atom stereocenters. The quantitative estimate of drug-likeness (QED) is 0.348. The van der Waals surface area contributed by atoms with E-state index in [-0.39, 0.29) is 17.2 Å². The van der Waals surface area contributed by atoms with E-state index in [0.717, 1.165) is 16.8 Å². The molecule has 0 aliphatic heterocycles. The largest absolute Gasteiger partial charge is 0.494 e. The number of hydrogen-bond acceptors (Lipinski definition) is 5. The summed E-state index contributed by atoms with van der Waals surface area (Å²) in [6.07, 6.45) is 0.0263. The van der Waals surface area contributed by atoms with Crippen molar-refractivity contribution in [3.8, 4) is 16.9 Å². The highest BCUT2D eigenvalue weighted by Crippen LogP contribution is 2.28. The minimum atomic E-state index is -1.28. The minimum absolute atomic E-state index is 0.152. The fraction of sp³-hybridized carbons (Fsp3) is 0.167. The lowest BCUT2D eigenvalue weighted by Crippen LogP contribution is -2.18. The second-order valence-corrected chi connectivity index (χ2v) is 6.99. The molecule has 2 amide bonds. The zero-order valence-electron chi connectivity index (χ0n) is 17.7. The van der Waals surface area contributed by atoms with Gasteiger partial charge in [-0.1, -0.05) is 18.2 Å². The van der Waals surface area contributed by atoms with E-state index in [0.29, 0.717) is 17.9 Å². The van der Waals surface area contributed by atoms with Crippen LogP contribution in [0.4, 0.5) is 16.2 Å². The van der Waals surface area contributed by atoms with Gasteiger partial charge in [0.25, 0.3) is 0 Å². The van der Waals surface area contributed by atoms with Crippen molar-refractivity contribution in [1.82, 2.24) is 4.98 Å². The molecule has 32 heavy (non-hydrogen) atoms. The standard InChI is InChI=1S/C24H23N3O5/c1-3-32-19-7-8-20(21(13-19)27-24(30)31)26-23(29)14-22(28)18-6-4-5-16(12-18)17-9-10-25-15(2)11-17/h4-13,27H,3,14H2,1-2H3,(H,26,29)(H,30,31). The molecule has 1 aromatic heterocycles. The van der Waals surface area contributed by atoms with Crippen LogP contribution >= 0.6 is 0 Å². The number of pyridine rings is 1. The first-order valence-electron chi connectivity index (χ1n) is 9.98. The van der Waals surface area contributed by atoms with Crippen molar-refractivity contribution in [2.24, 2.45) is 0 Å². The van der Waals surface area contributed by atoms with Crippen LogP contribution in [0.15, 0.2) is 60.8 Å². The number of aryl methyl sites for hydroxylation is 1. The molecule has 0 radical (unpaired) electrons. The van der Waals surface area contributed by atoms with Crippen LogP contribution in [0.25, 0.3) is 11.1 Å². The van der Waals surface area contributed by atoms with Crippen molar-refractivity contribution >= 4 is 29.2 Å². The predicted molar refractivity (Wildman–Crippen MR) is 121 cm³/mol. The van der Waals surface area contributed by atoms with E-state index in [1.807, 2.05) is 25.1 Å². The number of rotatable bonds is 8. The molecule has 8 heteroatoms. The average molecular weight is 433 g/mol. The van der Waals surface area contributed by atoms with Crippen LogP contribution in [0.2, 0.25) is 0 Å². The Labute approximate surface area is 185 Å². The van der Waals surface area contributed by atoms with Gasteiger partial charge in [0.1, 0.15) is 5.75 Å². The van der Waals surface area contributed by atoms with Gasteiger partial charge in [-0.05, 0) is 55.3 Å². The Hall–Kier alpha value is -4.20. The second-order valence-electron chi connectivity index (χ2n) is 6.99. The van der Waals surface area contributed by atoms with Gasteiger partial charge >= 0.3 is 6.09 Å². The molecule has 0 atom stereocenters. The Bertz CT molecular complexity index is 1160. The molecule has 3 rings (SSSR count). The highest BCUT2D eigenvalue weighted by Gasteiger charge is 2.16. The van der Waals surface area contributed by atoms with Gasteiger partial charge in [0.05, 0.1) is 24.4 Å². The highest BCUT2D eigenvalue weighted by atomic mass is 16.5. The molecular formula is C24H23N3O5.